The Morgan fingerprint density at radius 3 is 2.61 bits per heavy atom. The number of nitrogens with one attached hydrogen (secondary N) is 1. The van der Waals surface area contributed by atoms with E-state index in [1.54, 1.807) is 16.2 Å². The molecule has 0 radical (unpaired) electrons. The van der Waals surface area contributed by atoms with E-state index >= 15 is 0 Å². The number of fused-ring (bicyclic) bond motifs is 4. The number of amides is 2. The van der Waals surface area contributed by atoms with Gasteiger partial charge in [-0.2, -0.15) is 0 Å². The number of para-hydroxylation sites is 2. The number of likely N-dealkylation sites (tertiary alicyclic amines) is 1. The molecule has 2 aromatic carbocycles. The first kappa shape index (κ1) is 19.7. The van der Waals surface area contributed by atoms with Gasteiger partial charge in [-0.25, -0.2) is 14.8 Å². The molecular weight excluding hydrogens is 412 g/mol. The van der Waals surface area contributed by atoms with Gasteiger partial charge in [0.2, 0.25) is 0 Å². The summed E-state index contributed by atoms with van der Waals surface area (Å²) in [5.74, 6) is -0.281. The molecule has 5 rings (SSSR count). The van der Waals surface area contributed by atoms with E-state index in [1.807, 2.05) is 49.4 Å². The second-order valence-corrected chi connectivity index (χ2v) is 8.65. The lowest BCUT2D eigenvalue weighted by Gasteiger charge is -2.30. The number of hydrogen-bond donors (Lipinski definition) is 1. The van der Waals surface area contributed by atoms with Gasteiger partial charge in [-0.05, 0) is 50.1 Å². The lowest BCUT2D eigenvalue weighted by molar-refractivity contribution is -0.149. The summed E-state index contributed by atoms with van der Waals surface area (Å²) < 4.78 is 6.18. The summed E-state index contributed by atoms with van der Waals surface area (Å²) in [6, 6.07) is 13.5. The van der Waals surface area contributed by atoms with Crippen LogP contribution in [0.3, 0.4) is 0 Å². The molecule has 1 saturated heterocycles. The molecule has 1 aliphatic heterocycles. The molecule has 1 fully saturated rings. The van der Waals surface area contributed by atoms with Crippen LogP contribution in [0.1, 0.15) is 19.8 Å². The summed E-state index contributed by atoms with van der Waals surface area (Å²) in [5.41, 5.74) is 3.31. The third-order valence-electron chi connectivity index (χ3n) is 5.63. The normalized spacial score (nSPS) is 14.9. The molecule has 0 saturated carbocycles. The molecule has 31 heavy (non-hydrogen) atoms. The number of urea groups is 1. The molecule has 0 aliphatic carbocycles. The van der Waals surface area contributed by atoms with Crippen LogP contribution < -0.4 is 5.32 Å². The van der Waals surface area contributed by atoms with Crippen LogP contribution in [0.15, 0.2) is 42.5 Å². The van der Waals surface area contributed by atoms with Gasteiger partial charge in [-0.15, -0.1) is 11.3 Å². The molecule has 4 aromatic rings. The third kappa shape index (κ3) is 3.79. The SMILES string of the molecule is CCOC(=O)C1CCN(C(=O)Nc2ccc3sc4nc5ccccc5nc4c3c2)CC1. The highest BCUT2D eigenvalue weighted by molar-refractivity contribution is 7.25. The molecule has 2 aromatic heterocycles. The van der Waals surface area contributed by atoms with Crippen molar-refractivity contribution in [2.75, 3.05) is 25.0 Å². The fraction of sp³-hybridized carbons (Fsp3) is 0.304. The van der Waals surface area contributed by atoms with E-state index in [4.69, 9.17) is 14.7 Å². The second-order valence-electron chi connectivity index (χ2n) is 7.62. The minimum Gasteiger partial charge on any atom is -0.466 e. The molecule has 7 nitrogen and oxygen atoms in total. The number of thiophene rings is 1. The predicted molar refractivity (Wildman–Crippen MR) is 122 cm³/mol. The van der Waals surface area contributed by atoms with Gasteiger partial charge >= 0.3 is 12.0 Å². The number of ether oxygens (including phenoxy) is 1. The Balaban J connectivity index is 1.34. The van der Waals surface area contributed by atoms with E-state index in [9.17, 15) is 9.59 Å². The van der Waals surface area contributed by atoms with E-state index < -0.39 is 0 Å². The van der Waals surface area contributed by atoms with Crippen molar-refractivity contribution < 1.29 is 14.3 Å². The van der Waals surface area contributed by atoms with E-state index in [0.29, 0.717) is 32.5 Å². The molecule has 8 heteroatoms. The fourth-order valence-corrected chi connectivity index (χ4v) is 5.00. The van der Waals surface area contributed by atoms with Gasteiger partial charge in [0.05, 0.1) is 23.6 Å². The van der Waals surface area contributed by atoms with Crippen molar-refractivity contribution >= 4 is 60.5 Å². The van der Waals surface area contributed by atoms with Crippen molar-refractivity contribution in [3.05, 3.63) is 42.5 Å². The summed E-state index contributed by atoms with van der Waals surface area (Å²) in [6.07, 6.45) is 1.26. The van der Waals surface area contributed by atoms with E-state index in [1.165, 1.54) is 0 Å². The van der Waals surface area contributed by atoms with Crippen LogP contribution in [-0.4, -0.2) is 46.6 Å². The maximum atomic E-state index is 12.8. The number of esters is 1. The zero-order valence-electron chi connectivity index (χ0n) is 17.1. The zero-order valence-corrected chi connectivity index (χ0v) is 17.9. The van der Waals surface area contributed by atoms with Gasteiger partial charge < -0.3 is 15.0 Å². The van der Waals surface area contributed by atoms with Crippen molar-refractivity contribution in [3.63, 3.8) is 0 Å². The van der Waals surface area contributed by atoms with Gasteiger partial charge in [0, 0.05) is 28.9 Å². The molecule has 3 heterocycles. The number of hydrogen-bond acceptors (Lipinski definition) is 6. The summed E-state index contributed by atoms with van der Waals surface area (Å²) in [7, 11) is 0. The van der Waals surface area contributed by atoms with Crippen molar-refractivity contribution in [2.24, 2.45) is 5.92 Å². The Hall–Kier alpha value is -3.26. The average molecular weight is 435 g/mol. The lowest BCUT2D eigenvalue weighted by Crippen LogP contribution is -2.42. The summed E-state index contributed by atoms with van der Waals surface area (Å²) >= 11 is 1.60. The molecule has 0 unspecified atom stereocenters. The summed E-state index contributed by atoms with van der Waals surface area (Å²) in [6.45, 7) is 3.27. The standard InChI is InChI=1S/C23H22N4O3S/c1-2-30-22(28)14-9-11-27(12-10-14)23(29)24-15-7-8-19-16(13-15)20-21(31-19)26-18-6-4-3-5-17(18)25-20/h3-8,13-14H,2,9-12H2,1H3,(H,24,29). The highest BCUT2D eigenvalue weighted by atomic mass is 32.1. The van der Waals surface area contributed by atoms with Gasteiger partial charge in [-0.3, -0.25) is 4.79 Å². The van der Waals surface area contributed by atoms with E-state index in [0.717, 1.165) is 37.2 Å². The van der Waals surface area contributed by atoms with Gasteiger partial charge in [0.15, 0.2) is 0 Å². The van der Waals surface area contributed by atoms with Crippen LogP contribution in [0, 0.1) is 5.92 Å². The van der Waals surface area contributed by atoms with Crippen LogP contribution in [0.25, 0.3) is 31.5 Å². The Labute approximate surface area is 183 Å². The molecule has 1 aliphatic rings. The number of carbonyl (C=O) groups excluding carboxylic acids is 2. The first-order valence-electron chi connectivity index (χ1n) is 10.4. The molecule has 1 N–H and O–H groups in total. The number of rotatable bonds is 3. The minimum absolute atomic E-state index is 0.120. The minimum atomic E-state index is -0.161. The molecule has 0 spiro atoms. The predicted octanol–water partition coefficient (Wildman–Crippen LogP) is 4.80. The average Bonchev–Trinajstić information content (AvgIpc) is 3.14. The van der Waals surface area contributed by atoms with Crippen LogP contribution in [0.4, 0.5) is 10.5 Å². The number of piperidine rings is 1. The first-order valence-corrected chi connectivity index (χ1v) is 11.3. The number of anilines is 1. The largest absolute Gasteiger partial charge is 0.466 e. The number of aromatic nitrogens is 2. The topological polar surface area (TPSA) is 84.4 Å². The van der Waals surface area contributed by atoms with Crippen molar-refractivity contribution in [1.29, 1.82) is 0 Å². The Morgan fingerprint density at radius 1 is 1.13 bits per heavy atom. The van der Waals surface area contributed by atoms with Crippen LogP contribution >= 0.6 is 11.3 Å². The van der Waals surface area contributed by atoms with Gasteiger partial charge in [-0.1, -0.05) is 12.1 Å². The number of carbonyl (C=O) groups is 2. The number of benzene rings is 2. The number of nitrogens with zero attached hydrogens (tertiary/aromatic N) is 3. The van der Waals surface area contributed by atoms with Gasteiger partial charge in [0.25, 0.3) is 0 Å². The quantitative estimate of drug-likeness (QED) is 0.468. The fourth-order valence-electron chi connectivity index (χ4n) is 4.00. The monoisotopic (exact) mass is 434 g/mol. The second kappa shape index (κ2) is 8.11. The summed E-state index contributed by atoms with van der Waals surface area (Å²) in [5, 5.41) is 3.98. The smallest absolute Gasteiger partial charge is 0.321 e. The summed E-state index contributed by atoms with van der Waals surface area (Å²) in [4.78, 5) is 36.8. The highest BCUT2D eigenvalue weighted by Crippen LogP contribution is 2.34. The Kier molecular flexibility index (Phi) is 5.15. The van der Waals surface area contributed by atoms with Crippen LogP contribution in [0.2, 0.25) is 0 Å². The highest BCUT2D eigenvalue weighted by Gasteiger charge is 2.28. The maximum absolute atomic E-state index is 12.8. The van der Waals surface area contributed by atoms with E-state index in [2.05, 4.69) is 5.32 Å². The van der Waals surface area contributed by atoms with Crippen molar-refractivity contribution in [1.82, 2.24) is 14.9 Å². The lowest BCUT2D eigenvalue weighted by atomic mass is 9.97. The van der Waals surface area contributed by atoms with E-state index in [-0.39, 0.29) is 17.9 Å². The van der Waals surface area contributed by atoms with Crippen molar-refractivity contribution in [3.8, 4) is 0 Å². The Morgan fingerprint density at radius 2 is 1.87 bits per heavy atom. The maximum Gasteiger partial charge on any atom is 0.321 e. The molecule has 2 amide bonds. The Bertz CT molecular complexity index is 1290. The third-order valence-corrected chi connectivity index (χ3v) is 6.69. The van der Waals surface area contributed by atoms with Crippen LogP contribution in [0.5, 0.6) is 0 Å². The molecular formula is C23H22N4O3S. The molecule has 0 bridgehead atoms. The van der Waals surface area contributed by atoms with Crippen LogP contribution in [-0.2, 0) is 9.53 Å². The molecule has 0 atom stereocenters. The zero-order chi connectivity index (χ0) is 21.4. The first-order chi connectivity index (χ1) is 15.1. The van der Waals surface area contributed by atoms with Crippen molar-refractivity contribution in [2.45, 2.75) is 19.8 Å². The molecule has 158 valence electrons. The van der Waals surface area contributed by atoms with Gasteiger partial charge in [0.1, 0.15) is 10.3 Å².